The van der Waals surface area contributed by atoms with Crippen molar-refractivity contribution >= 4 is 0 Å². The zero-order chi connectivity index (χ0) is 13.6. The van der Waals surface area contributed by atoms with Crippen LogP contribution < -0.4 is 0 Å². The van der Waals surface area contributed by atoms with E-state index in [9.17, 15) is 5.11 Å². The van der Waals surface area contributed by atoms with Gasteiger partial charge in [0.05, 0.1) is 5.60 Å². The minimum absolute atomic E-state index is 0.592. The van der Waals surface area contributed by atoms with E-state index in [4.69, 9.17) is 0 Å². The standard InChI is InChI=1S/C18H22O/c1-18(19,14-12-16-8-4-2-5-9-16)15-13-17-10-6-3-7-11-17/h2-11,19H,12-15H2,1H3. The highest BCUT2D eigenvalue weighted by Crippen LogP contribution is 2.20. The smallest absolute Gasteiger partial charge is 0.0626 e. The summed E-state index contributed by atoms with van der Waals surface area (Å²) in [6, 6.07) is 20.7. The van der Waals surface area contributed by atoms with Gasteiger partial charge in [0, 0.05) is 0 Å². The van der Waals surface area contributed by atoms with Crippen molar-refractivity contribution in [1.29, 1.82) is 0 Å². The average Bonchev–Trinajstić information content (AvgIpc) is 2.46. The maximum absolute atomic E-state index is 10.4. The summed E-state index contributed by atoms with van der Waals surface area (Å²) in [5, 5.41) is 10.4. The van der Waals surface area contributed by atoms with E-state index in [1.165, 1.54) is 11.1 Å². The molecule has 0 bridgehead atoms. The molecular weight excluding hydrogens is 232 g/mol. The maximum Gasteiger partial charge on any atom is 0.0626 e. The molecule has 0 spiro atoms. The third kappa shape index (κ3) is 4.88. The first-order chi connectivity index (χ1) is 9.16. The van der Waals surface area contributed by atoms with Crippen LogP contribution in [0.4, 0.5) is 0 Å². The molecule has 2 aromatic carbocycles. The van der Waals surface area contributed by atoms with Crippen molar-refractivity contribution in [1.82, 2.24) is 0 Å². The molecule has 0 saturated heterocycles. The fraction of sp³-hybridized carbons (Fsp3) is 0.333. The Labute approximate surface area is 115 Å². The lowest BCUT2D eigenvalue weighted by atomic mass is 9.90. The van der Waals surface area contributed by atoms with Gasteiger partial charge in [0.25, 0.3) is 0 Å². The molecule has 0 aliphatic heterocycles. The third-order valence-corrected chi connectivity index (χ3v) is 3.59. The average molecular weight is 254 g/mol. The summed E-state index contributed by atoms with van der Waals surface area (Å²) < 4.78 is 0. The second kappa shape index (κ2) is 6.53. The van der Waals surface area contributed by atoms with Gasteiger partial charge in [0.15, 0.2) is 0 Å². The topological polar surface area (TPSA) is 20.2 Å². The predicted octanol–water partition coefficient (Wildman–Crippen LogP) is 4.00. The molecule has 0 aromatic heterocycles. The highest BCUT2D eigenvalue weighted by molar-refractivity contribution is 5.16. The van der Waals surface area contributed by atoms with E-state index >= 15 is 0 Å². The summed E-state index contributed by atoms with van der Waals surface area (Å²) >= 11 is 0. The molecule has 1 nitrogen and oxygen atoms in total. The van der Waals surface area contributed by atoms with Gasteiger partial charge >= 0.3 is 0 Å². The van der Waals surface area contributed by atoms with Gasteiger partial charge in [-0.2, -0.15) is 0 Å². The van der Waals surface area contributed by atoms with Crippen molar-refractivity contribution in [3.8, 4) is 0 Å². The molecule has 0 aliphatic carbocycles. The van der Waals surface area contributed by atoms with Gasteiger partial charge in [-0.05, 0) is 43.7 Å². The van der Waals surface area contributed by atoms with E-state index in [2.05, 4.69) is 24.3 Å². The summed E-state index contributed by atoms with van der Waals surface area (Å²) in [7, 11) is 0. The van der Waals surface area contributed by atoms with Gasteiger partial charge in [-0.3, -0.25) is 0 Å². The normalized spacial score (nSPS) is 11.5. The Kier molecular flexibility index (Phi) is 4.75. The largest absolute Gasteiger partial charge is 0.390 e. The lowest BCUT2D eigenvalue weighted by Crippen LogP contribution is -2.25. The van der Waals surface area contributed by atoms with Crippen LogP contribution in [0.1, 0.15) is 30.9 Å². The first-order valence-corrected chi connectivity index (χ1v) is 6.96. The van der Waals surface area contributed by atoms with Crippen LogP contribution in [0.15, 0.2) is 60.7 Å². The minimum Gasteiger partial charge on any atom is -0.390 e. The van der Waals surface area contributed by atoms with Gasteiger partial charge in [-0.25, -0.2) is 0 Å². The van der Waals surface area contributed by atoms with Crippen LogP contribution in [0, 0.1) is 0 Å². The highest BCUT2D eigenvalue weighted by atomic mass is 16.3. The Morgan fingerprint density at radius 3 is 1.47 bits per heavy atom. The molecule has 1 heteroatoms. The SMILES string of the molecule is CC(O)(CCc1ccccc1)CCc1ccccc1. The van der Waals surface area contributed by atoms with Crippen LogP contribution in [0.25, 0.3) is 0 Å². The fourth-order valence-electron chi connectivity index (χ4n) is 2.24. The Hall–Kier alpha value is -1.60. The number of aliphatic hydroxyl groups is 1. The molecule has 1 N–H and O–H groups in total. The quantitative estimate of drug-likeness (QED) is 0.826. The molecule has 0 unspecified atom stereocenters. The van der Waals surface area contributed by atoms with Crippen molar-refractivity contribution in [3.63, 3.8) is 0 Å². The Balaban J connectivity index is 1.82. The van der Waals surface area contributed by atoms with Crippen LogP contribution in [0.2, 0.25) is 0 Å². The molecule has 100 valence electrons. The number of aryl methyl sites for hydroxylation is 2. The summed E-state index contributed by atoms with van der Waals surface area (Å²) in [6.07, 6.45) is 3.49. The lowest BCUT2D eigenvalue weighted by molar-refractivity contribution is 0.0426. The molecule has 0 saturated carbocycles. The molecule has 2 rings (SSSR count). The Bertz CT molecular complexity index is 428. The molecule has 2 aromatic rings. The van der Waals surface area contributed by atoms with Crippen molar-refractivity contribution < 1.29 is 5.11 Å². The number of hydrogen-bond donors (Lipinski definition) is 1. The first kappa shape index (κ1) is 13.8. The molecule has 0 heterocycles. The van der Waals surface area contributed by atoms with E-state index < -0.39 is 5.60 Å². The number of benzene rings is 2. The summed E-state index contributed by atoms with van der Waals surface area (Å²) in [5.41, 5.74) is 2.00. The van der Waals surface area contributed by atoms with Gasteiger partial charge in [-0.15, -0.1) is 0 Å². The van der Waals surface area contributed by atoms with Crippen LogP contribution in [-0.4, -0.2) is 10.7 Å². The van der Waals surface area contributed by atoms with E-state index in [0.29, 0.717) is 0 Å². The first-order valence-electron chi connectivity index (χ1n) is 6.96. The van der Waals surface area contributed by atoms with Gasteiger partial charge in [0.2, 0.25) is 0 Å². The van der Waals surface area contributed by atoms with Crippen LogP contribution in [0.3, 0.4) is 0 Å². The molecule has 0 fully saturated rings. The molecule has 0 amide bonds. The molecule has 19 heavy (non-hydrogen) atoms. The number of rotatable bonds is 6. The van der Waals surface area contributed by atoms with Gasteiger partial charge in [0.1, 0.15) is 0 Å². The van der Waals surface area contributed by atoms with E-state index in [1.807, 2.05) is 43.3 Å². The molecule has 0 atom stereocenters. The fourth-order valence-corrected chi connectivity index (χ4v) is 2.24. The third-order valence-electron chi connectivity index (χ3n) is 3.59. The molecule has 0 aliphatic rings. The van der Waals surface area contributed by atoms with Crippen molar-refractivity contribution in [2.75, 3.05) is 0 Å². The van der Waals surface area contributed by atoms with Gasteiger partial charge < -0.3 is 5.11 Å². The van der Waals surface area contributed by atoms with E-state index in [1.54, 1.807) is 0 Å². The van der Waals surface area contributed by atoms with E-state index in [0.717, 1.165) is 25.7 Å². The maximum atomic E-state index is 10.4. The summed E-state index contributed by atoms with van der Waals surface area (Å²) in [6.45, 7) is 1.94. The van der Waals surface area contributed by atoms with Gasteiger partial charge in [-0.1, -0.05) is 60.7 Å². The Morgan fingerprint density at radius 1 is 0.737 bits per heavy atom. The van der Waals surface area contributed by atoms with Crippen LogP contribution >= 0.6 is 0 Å². The lowest BCUT2D eigenvalue weighted by Gasteiger charge is -2.23. The van der Waals surface area contributed by atoms with Crippen molar-refractivity contribution in [2.24, 2.45) is 0 Å². The zero-order valence-corrected chi connectivity index (χ0v) is 11.5. The summed E-state index contributed by atoms with van der Waals surface area (Å²) in [4.78, 5) is 0. The minimum atomic E-state index is -0.592. The van der Waals surface area contributed by atoms with Crippen molar-refractivity contribution in [3.05, 3.63) is 71.8 Å². The molecular formula is C18H22O. The monoisotopic (exact) mass is 254 g/mol. The van der Waals surface area contributed by atoms with Crippen LogP contribution in [0.5, 0.6) is 0 Å². The summed E-state index contributed by atoms with van der Waals surface area (Å²) in [5.74, 6) is 0. The zero-order valence-electron chi connectivity index (χ0n) is 11.5. The second-order valence-corrected chi connectivity index (χ2v) is 5.47. The van der Waals surface area contributed by atoms with E-state index in [-0.39, 0.29) is 0 Å². The second-order valence-electron chi connectivity index (χ2n) is 5.47. The Morgan fingerprint density at radius 2 is 1.11 bits per heavy atom. The number of hydrogen-bond acceptors (Lipinski definition) is 1. The molecule has 0 radical (unpaired) electrons. The predicted molar refractivity (Wildman–Crippen MR) is 80.1 cm³/mol. The van der Waals surface area contributed by atoms with Crippen molar-refractivity contribution in [2.45, 2.75) is 38.2 Å². The highest BCUT2D eigenvalue weighted by Gasteiger charge is 2.19. The van der Waals surface area contributed by atoms with Crippen LogP contribution in [-0.2, 0) is 12.8 Å².